The minimum atomic E-state index is 0.121. The summed E-state index contributed by atoms with van der Waals surface area (Å²) in [6, 6.07) is 16.2. The summed E-state index contributed by atoms with van der Waals surface area (Å²) < 4.78 is 0. The van der Waals surface area contributed by atoms with Crippen LogP contribution in [0.1, 0.15) is 17.3 Å². The second-order valence-corrected chi connectivity index (χ2v) is 7.81. The maximum Gasteiger partial charge on any atom is 0.200 e. The Bertz CT molecular complexity index is 927. The minimum Gasteiger partial charge on any atom is -0.335 e. The normalized spacial score (nSPS) is 19.2. The molecule has 2 nitrogen and oxygen atoms in total. The highest BCUT2D eigenvalue weighted by Gasteiger charge is 2.24. The molecule has 0 aromatic heterocycles. The number of benzene rings is 2. The Hall–Kier alpha value is -2.17. The van der Waals surface area contributed by atoms with Crippen molar-refractivity contribution in [1.29, 1.82) is 0 Å². The van der Waals surface area contributed by atoms with E-state index in [1.807, 2.05) is 42.5 Å². The third-order valence-corrected chi connectivity index (χ3v) is 6.37. The highest BCUT2D eigenvalue weighted by atomic mass is 32.2. The van der Waals surface area contributed by atoms with Gasteiger partial charge in [-0.15, -0.1) is 0 Å². The van der Waals surface area contributed by atoms with Gasteiger partial charge < -0.3 is 4.90 Å². The molecular weight excluding hydrogens is 346 g/mol. The number of anilines is 1. The summed E-state index contributed by atoms with van der Waals surface area (Å²) in [6.07, 6.45) is 7.99. The maximum absolute atomic E-state index is 12.3. The molecule has 0 spiro atoms. The van der Waals surface area contributed by atoms with E-state index in [1.165, 1.54) is 15.6 Å². The lowest BCUT2D eigenvalue weighted by molar-refractivity contribution is 0.104. The molecule has 0 radical (unpaired) electrons. The average molecular weight is 364 g/mol. The third kappa shape index (κ3) is 3.08. The largest absolute Gasteiger partial charge is 0.335 e. The van der Waals surface area contributed by atoms with E-state index >= 15 is 0 Å². The van der Waals surface area contributed by atoms with Gasteiger partial charge in [0.2, 0.25) is 5.78 Å². The SMILES string of the molecule is CCN1\C(=C/C=C/C=C2/Sc3ccccc3C2=O)Sc2ccccc21. The van der Waals surface area contributed by atoms with Gasteiger partial charge >= 0.3 is 0 Å². The number of carbonyl (C=O) groups is 1. The number of carbonyl (C=O) groups excluding carboxylic acids is 1. The summed E-state index contributed by atoms with van der Waals surface area (Å²) in [5, 5.41) is 1.21. The van der Waals surface area contributed by atoms with E-state index in [-0.39, 0.29) is 5.78 Å². The Morgan fingerprint density at radius 1 is 0.920 bits per heavy atom. The van der Waals surface area contributed by atoms with E-state index in [4.69, 9.17) is 0 Å². The molecule has 25 heavy (non-hydrogen) atoms. The van der Waals surface area contributed by atoms with Gasteiger partial charge in [-0.2, -0.15) is 0 Å². The van der Waals surface area contributed by atoms with Gasteiger partial charge in [-0.3, -0.25) is 4.79 Å². The Kier molecular flexibility index (Phi) is 4.55. The predicted octanol–water partition coefficient (Wildman–Crippen LogP) is 5.89. The second kappa shape index (κ2) is 6.98. The molecular formula is C21H17NOS2. The number of Topliss-reactive ketones (excluding diaryl/α,β-unsaturated/α-hetero) is 1. The topological polar surface area (TPSA) is 20.3 Å². The maximum atomic E-state index is 12.3. The van der Waals surface area contributed by atoms with E-state index in [9.17, 15) is 4.79 Å². The number of fused-ring (bicyclic) bond motifs is 2. The molecule has 2 heterocycles. The summed E-state index contributed by atoms with van der Waals surface area (Å²) in [6.45, 7) is 3.10. The van der Waals surface area contributed by atoms with Crippen LogP contribution in [0, 0.1) is 0 Å². The lowest BCUT2D eigenvalue weighted by atomic mass is 10.1. The molecule has 2 aliphatic rings. The van der Waals surface area contributed by atoms with Crippen LogP contribution < -0.4 is 4.90 Å². The van der Waals surface area contributed by atoms with Crippen molar-refractivity contribution in [2.75, 3.05) is 11.4 Å². The first-order chi connectivity index (χ1) is 12.3. The van der Waals surface area contributed by atoms with Crippen LogP contribution in [0.15, 0.2) is 92.6 Å². The van der Waals surface area contributed by atoms with E-state index in [0.29, 0.717) is 0 Å². The van der Waals surface area contributed by atoms with Gasteiger partial charge in [0.05, 0.1) is 15.6 Å². The van der Waals surface area contributed by atoms with Crippen LogP contribution >= 0.6 is 23.5 Å². The van der Waals surface area contributed by atoms with Gasteiger partial charge in [-0.05, 0) is 43.3 Å². The van der Waals surface area contributed by atoms with Crippen molar-refractivity contribution in [2.24, 2.45) is 0 Å². The molecule has 124 valence electrons. The number of hydrogen-bond acceptors (Lipinski definition) is 4. The highest BCUT2D eigenvalue weighted by Crippen LogP contribution is 2.45. The van der Waals surface area contributed by atoms with E-state index in [2.05, 4.69) is 42.2 Å². The molecule has 4 heteroatoms. The molecule has 0 atom stereocenters. The molecule has 2 aromatic carbocycles. The molecule has 0 N–H and O–H groups in total. The predicted molar refractivity (Wildman–Crippen MR) is 107 cm³/mol. The van der Waals surface area contributed by atoms with Crippen molar-refractivity contribution in [2.45, 2.75) is 16.7 Å². The van der Waals surface area contributed by atoms with E-state index in [1.54, 1.807) is 23.5 Å². The first-order valence-electron chi connectivity index (χ1n) is 8.22. The Balaban J connectivity index is 1.51. The zero-order valence-electron chi connectivity index (χ0n) is 13.8. The fourth-order valence-corrected chi connectivity index (χ4v) is 5.08. The molecule has 0 fully saturated rings. The molecule has 0 bridgehead atoms. The summed E-state index contributed by atoms with van der Waals surface area (Å²) >= 11 is 3.33. The molecule has 0 aliphatic carbocycles. The molecule has 2 aliphatic heterocycles. The molecule has 0 saturated heterocycles. The molecule has 0 saturated carbocycles. The van der Waals surface area contributed by atoms with Gasteiger partial charge in [-0.25, -0.2) is 0 Å². The van der Waals surface area contributed by atoms with Crippen LogP contribution in [0.25, 0.3) is 0 Å². The molecule has 0 unspecified atom stereocenters. The fraction of sp³-hybridized carbons (Fsp3) is 0.0952. The number of ketones is 1. The van der Waals surface area contributed by atoms with Crippen molar-refractivity contribution >= 4 is 35.0 Å². The monoisotopic (exact) mass is 363 g/mol. The van der Waals surface area contributed by atoms with Gasteiger partial charge in [0.15, 0.2) is 0 Å². The van der Waals surface area contributed by atoms with Crippen LogP contribution in [0.2, 0.25) is 0 Å². The molecule has 2 aromatic rings. The minimum absolute atomic E-state index is 0.121. The summed E-state index contributed by atoms with van der Waals surface area (Å²) in [5.41, 5.74) is 2.08. The van der Waals surface area contributed by atoms with Gasteiger partial charge in [0, 0.05) is 21.9 Å². The first kappa shape index (κ1) is 16.3. The summed E-state index contributed by atoms with van der Waals surface area (Å²) in [5.74, 6) is 0.121. The Labute approximate surface area is 156 Å². The van der Waals surface area contributed by atoms with Gasteiger partial charge in [0.25, 0.3) is 0 Å². The van der Waals surface area contributed by atoms with Crippen molar-refractivity contribution in [3.63, 3.8) is 0 Å². The number of thioether (sulfide) groups is 2. The third-order valence-electron chi connectivity index (χ3n) is 4.13. The zero-order chi connectivity index (χ0) is 17.2. The van der Waals surface area contributed by atoms with Crippen molar-refractivity contribution in [3.8, 4) is 0 Å². The van der Waals surface area contributed by atoms with Crippen LogP contribution in [0.3, 0.4) is 0 Å². The smallest absolute Gasteiger partial charge is 0.200 e. The molecule has 4 rings (SSSR count). The second-order valence-electron chi connectivity index (χ2n) is 5.66. The first-order valence-corrected chi connectivity index (χ1v) is 9.86. The van der Waals surface area contributed by atoms with Crippen LogP contribution in [0.5, 0.6) is 0 Å². The van der Waals surface area contributed by atoms with Crippen LogP contribution in [0.4, 0.5) is 5.69 Å². The standard InChI is InChI=1S/C21H17NOS2/c1-2-22-16-10-4-6-12-18(16)25-20(22)14-8-7-13-19-21(23)15-9-3-5-11-17(15)24-19/h3-14H,2H2,1H3/b8-7+,19-13+,20-14+. The number of rotatable bonds is 3. The Morgan fingerprint density at radius 3 is 2.44 bits per heavy atom. The summed E-state index contributed by atoms with van der Waals surface area (Å²) in [7, 11) is 0. The lowest BCUT2D eigenvalue weighted by Gasteiger charge is -2.17. The average Bonchev–Trinajstić information content (AvgIpc) is 3.16. The number of nitrogens with zero attached hydrogens (tertiary/aromatic N) is 1. The zero-order valence-corrected chi connectivity index (χ0v) is 15.4. The number of para-hydroxylation sites is 1. The molecule has 0 amide bonds. The van der Waals surface area contributed by atoms with Crippen molar-refractivity contribution in [1.82, 2.24) is 0 Å². The summed E-state index contributed by atoms with van der Waals surface area (Å²) in [4.78, 5) is 17.8. The quantitative estimate of drug-likeness (QED) is 0.634. The van der Waals surface area contributed by atoms with Crippen molar-refractivity contribution < 1.29 is 4.79 Å². The number of hydrogen-bond donors (Lipinski definition) is 0. The van der Waals surface area contributed by atoms with Gasteiger partial charge in [0.1, 0.15) is 0 Å². The lowest BCUT2D eigenvalue weighted by Crippen LogP contribution is -2.16. The number of allylic oxidation sites excluding steroid dienone is 5. The van der Waals surface area contributed by atoms with Crippen molar-refractivity contribution in [3.05, 3.63) is 88.3 Å². The van der Waals surface area contributed by atoms with Crippen LogP contribution in [-0.2, 0) is 0 Å². The van der Waals surface area contributed by atoms with E-state index < -0.39 is 0 Å². The van der Waals surface area contributed by atoms with E-state index in [0.717, 1.165) is 21.9 Å². The highest BCUT2D eigenvalue weighted by molar-refractivity contribution is 8.04. The Morgan fingerprint density at radius 2 is 1.64 bits per heavy atom. The van der Waals surface area contributed by atoms with Gasteiger partial charge in [-0.1, -0.05) is 59.9 Å². The fourth-order valence-electron chi connectivity index (χ4n) is 2.93. The van der Waals surface area contributed by atoms with Crippen LogP contribution in [-0.4, -0.2) is 12.3 Å².